The Kier molecular flexibility index (Phi) is 4.53. The molecule has 0 saturated carbocycles. The quantitative estimate of drug-likeness (QED) is 0.614. The first-order valence-electron chi connectivity index (χ1n) is 3.54. The van der Waals surface area contributed by atoms with Gasteiger partial charge in [0.25, 0.3) is 0 Å². The van der Waals surface area contributed by atoms with Crippen LogP contribution in [0.15, 0.2) is 12.1 Å². The van der Waals surface area contributed by atoms with Crippen LogP contribution in [-0.2, 0) is 0 Å². The van der Waals surface area contributed by atoms with Gasteiger partial charge < -0.3 is 5.11 Å². The topological polar surface area (TPSA) is 20.2 Å². The number of hydrogen-bond donors (Lipinski definition) is 1. The second kappa shape index (κ2) is 5.15. The molecular weight excluding hydrogens is 174 g/mol. The molecule has 0 aromatic heterocycles. The molecular formula is C10H10F2O. The van der Waals surface area contributed by atoms with Gasteiger partial charge in [0, 0.05) is 0 Å². The molecule has 0 spiro atoms. The first-order chi connectivity index (χ1) is 6.02. The molecule has 3 heteroatoms. The molecule has 1 N–H and O–H groups in total. The number of hydrogen-bond acceptors (Lipinski definition) is 1. The van der Waals surface area contributed by atoms with E-state index in [0.717, 1.165) is 12.1 Å². The van der Waals surface area contributed by atoms with Crippen molar-refractivity contribution in [1.29, 1.82) is 0 Å². The molecule has 0 radical (unpaired) electrons. The fraction of sp³-hybridized carbons (Fsp3) is 0.200. The highest BCUT2D eigenvalue weighted by Crippen LogP contribution is 2.20. The molecule has 1 aromatic carbocycles. The number of terminal acetylenes is 1. The van der Waals surface area contributed by atoms with E-state index in [2.05, 4.69) is 12.3 Å². The molecule has 0 unspecified atom stereocenters. The third-order valence-electron chi connectivity index (χ3n) is 1.16. The van der Waals surface area contributed by atoms with Crippen molar-refractivity contribution in [3.05, 3.63) is 29.3 Å². The van der Waals surface area contributed by atoms with Crippen molar-refractivity contribution in [3.63, 3.8) is 0 Å². The van der Waals surface area contributed by atoms with Crippen LogP contribution in [0.5, 0.6) is 5.75 Å². The normalized spacial score (nSPS) is 8.23. The molecule has 0 aliphatic carbocycles. The number of aromatic hydroxyl groups is 1. The van der Waals surface area contributed by atoms with Crippen molar-refractivity contribution in [2.24, 2.45) is 0 Å². The maximum absolute atomic E-state index is 12.4. The molecule has 0 amide bonds. The molecule has 1 nitrogen and oxygen atoms in total. The van der Waals surface area contributed by atoms with Crippen molar-refractivity contribution < 1.29 is 13.9 Å². The predicted molar refractivity (Wildman–Crippen MR) is 47.3 cm³/mol. The van der Waals surface area contributed by atoms with Gasteiger partial charge in [0.15, 0.2) is 17.4 Å². The molecule has 70 valence electrons. The summed E-state index contributed by atoms with van der Waals surface area (Å²) in [5, 5.41) is 8.58. The zero-order chi connectivity index (χ0) is 10.4. The summed E-state index contributed by atoms with van der Waals surface area (Å²) in [4.78, 5) is 0. The summed E-state index contributed by atoms with van der Waals surface area (Å²) in [5.74, 6) is -0.499. The lowest BCUT2D eigenvalue weighted by atomic mass is 10.2. The smallest absolute Gasteiger partial charge is 0.187 e. The Morgan fingerprint density at radius 2 is 1.62 bits per heavy atom. The predicted octanol–water partition coefficient (Wildman–Crippen LogP) is 2.62. The Hall–Kier alpha value is -1.56. The van der Waals surface area contributed by atoms with Crippen LogP contribution in [0.2, 0.25) is 0 Å². The molecule has 0 aliphatic rings. The van der Waals surface area contributed by atoms with E-state index < -0.39 is 17.4 Å². The van der Waals surface area contributed by atoms with Gasteiger partial charge >= 0.3 is 0 Å². The van der Waals surface area contributed by atoms with Crippen LogP contribution in [0.3, 0.4) is 0 Å². The Morgan fingerprint density at radius 3 is 1.92 bits per heavy atom. The van der Waals surface area contributed by atoms with E-state index in [-0.39, 0.29) is 0 Å². The Balaban J connectivity index is 0.000000424. The number of rotatable bonds is 0. The van der Waals surface area contributed by atoms with E-state index in [1.54, 1.807) is 13.8 Å². The minimum absolute atomic E-state index is 0.452. The van der Waals surface area contributed by atoms with Crippen LogP contribution in [-0.4, -0.2) is 5.11 Å². The number of halogens is 2. The summed E-state index contributed by atoms with van der Waals surface area (Å²) in [6, 6.07) is 2.14. The minimum atomic E-state index is -0.919. The molecule has 0 saturated heterocycles. The highest BCUT2D eigenvalue weighted by Gasteiger charge is 2.06. The van der Waals surface area contributed by atoms with Crippen molar-refractivity contribution in [2.45, 2.75) is 13.8 Å². The van der Waals surface area contributed by atoms with Gasteiger partial charge in [-0.2, -0.15) is 0 Å². The molecule has 0 atom stereocenters. The lowest BCUT2D eigenvalue weighted by molar-refractivity contribution is 0.395. The van der Waals surface area contributed by atoms with Crippen molar-refractivity contribution in [2.75, 3.05) is 0 Å². The van der Waals surface area contributed by atoms with Crippen LogP contribution in [0.25, 0.3) is 0 Å². The van der Waals surface area contributed by atoms with Crippen molar-refractivity contribution >= 4 is 0 Å². The lowest BCUT2D eigenvalue weighted by Gasteiger charge is -1.97. The third-order valence-corrected chi connectivity index (χ3v) is 1.16. The lowest BCUT2D eigenvalue weighted by Crippen LogP contribution is -1.83. The van der Waals surface area contributed by atoms with Gasteiger partial charge in [-0.05, 0) is 31.5 Å². The summed E-state index contributed by atoms with van der Waals surface area (Å²) in [6.45, 7) is 3.20. The van der Waals surface area contributed by atoms with Crippen molar-refractivity contribution in [3.8, 4) is 18.1 Å². The first kappa shape index (κ1) is 11.4. The average molecular weight is 184 g/mol. The Bertz CT molecular complexity index is 303. The van der Waals surface area contributed by atoms with E-state index in [4.69, 9.17) is 5.11 Å². The maximum Gasteiger partial charge on any atom is 0.187 e. The van der Waals surface area contributed by atoms with Gasteiger partial charge in [-0.15, -0.1) is 12.3 Å². The largest absolute Gasteiger partial charge is 0.503 e. The number of benzene rings is 1. The van der Waals surface area contributed by atoms with E-state index in [0.29, 0.717) is 5.56 Å². The SMILES string of the molecule is C#CC.Cc1cc(F)c(O)c(F)c1. The molecule has 1 aromatic rings. The monoisotopic (exact) mass is 184 g/mol. The molecule has 0 aliphatic heterocycles. The summed E-state index contributed by atoms with van der Waals surface area (Å²) in [5.41, 5.74) is 0.452. The van der Waals surface area contributed by atoms with Crippen LogP contribution in [0.1, 0.15) is 12.5 Å². The van der Waals surface area contributed by atoms with E-state index >= 15 is 0 Å². The zero-order valence-corrected chi connectivity index (χ0v) is 7.44. The van der Waals surface area contributed by atoms with E-state index in [1.165, 1.54) is 0 Å². The highest BCUT2D eigenvalue weighted by atomic mass is 19.1. The van der Waals surface area contributed by atoms with E-state index in [9.17, 15) is 8.78 Å². The number of phenols is 1. The second-order valence-corrected chi connectivity index (χ2v) is 2.37. The van der Waals surface area contributed by atoms with Gasteiger partial charge in [0.2, 0.25) is 0 Å². The van der Waals surface area contributed by atoms with Gasteiger partial charge in [-0.3, -0.25) is 0 Å². The molecule has 0 fully saturated rings. The highest BCUT2D eigenvalue weighted by molar-refractivity contribution is 5.28. The number of phenolic OH excluding ortho intramolecular Hbond substituents is 1. The standard InChI is InChI=1S/C7H6F2O.C3H4/c1-4-2-5(8)7(10)6(9)3-4;1-3-2/h2-3,10H,1H3;1H,2H3. The Labute approximate surface area is 76.0 Å². The van der Waals surface area contributed by atoms with Crippen LogP contribution in [0, 0.1) is 30.9 Å². The summed E-state index contributed by atoms with van der Waals surface area (Å²) >= 11 is 0. The van der Waals surface area contributed by atoms with Crippen LogP contribution in [0.4, 0.5) is 8.78 Å². The molecule has 13 heavy (non-hydrogen) atoms. The fourth-order valence-corrected chi connectivity index (χ4v) is 0.692. The molecule has 0 heterocycles. The summed E-state index contributed by atoms with van der Waals surface area (Å²) in [7, 11) is 0. The Morgan fingerprint density at radius 1 is 1.31 bits per heavy atom. The van der Waals surface area contributed by atoms with Gasteiger partial charge in [-0.25, -0.2) is 8.78 Å². The zero-order valence-electron chi connectivity index (χ0n) is 7.44. The fourth-order valence-electron chi connectivity index (χ4n) is 0.692. The maximum atomic E-state index is 12.4. The first-order valence-corrected chi connectivity index (χ1v) is 3.54. The van der Waals surface area contributed by atoms with Crippen molar-refractivity contribution in [1.82, 2.24) is 0 Å². The second-order valence-electron chi connectivity index (χ2n) is 2.37. The average Bonchev–Trinajstić information content (AvgIpc) is 2.01. The van der Waals surface area contributed by atoms with Gasteiger partial charge in [0.1, 0.15) is 0 Å². The van der Waals surface area contributed by atoms with Gasteiger partial charge in [-0.1, -0.05) is 0 Å². The minimum Gasteiger partial charge on any atom is -0.503 e. The summed E-state index contributed by atoms with van der Waals surface area (Å²) in [6.07, 6.45) is 4.60. The molecule has 1 rings (SSSR count). The van der Waals surface area contributed by atoms with Gasteiger partial charge in [0.05, 0.1) is 0 Å². The van der Waals surface area contributed by atoms with E-state index in [1.807, 2.05) is 0 Å². The third kappa shape index (κ3) is 3.57. The summed E-state index contributed by atoms with van der Waals surface area (Å²) < 4.78 is 24.7. The number of aryl methyl sites for hydroxylation is 1. The van der Waals surface area contributed by atoms with Crippen LogP contribution < -0.4 is 0 Å². The molecule has 0 bridgehead atoms. The van der Waals surface area contributed by atoms with Crippen LogP contribution >= 0.6 is 0 Å².